The van der Waals surface area contributed by atoms with E-state index in [4.69, 9.17) is 4.43 Å². The van der Waals surface area contributed by atoms with Gasteiger partial charge in [-0.15, -0.1) is 0 Å². The Bertz CT molecular complexity index is 976. The second kappa shape index (κ2) is 14.3. The summed E-state index contributed by atoms with van der Waals surface area (Å²) in [7, 11) is -1.71. The summed E-state index contributed by atoms with van der Waals surface area (Å²) in [6, 6.07) is 19.7. The Morgan fingerprint density at radius 2 is 1.56 bits per heavy atom. The third-order valence-electron chi connectivity index (χ3n) is 7.84. The van der Waals surface area contributed by atoms with Crippen LogP contribution in [-0.2, 0) is 37.1 Å². The molecule has 0 bridgehead atoms. The number of allylic oxidation sites excluding steroid dienone is 4. The normalized spacial score (nSPS) is 15.2. The number of benzene rings is 2. The smallest absolute Gasteiger partial charge is 1.00 e. The van der Waals surface area contributed by atoms with E-state index in [1.807, 2.05) is 0 Å². The van der Waals surface area contributed by atoms with Gasteiger partial charge < -0.3 is 29.2 Å². The molecule has 4 rings (SSSR count). The maximum Gasteiger partial charge on any atom is 2.00 e. The first-order chi connectivity index (χ1) is 15.1. The van der Waals surface area contributed by atoms with Gasteiger partial charge in [0.15, 0.2) is 8.32 Å². The molecule has 2 aliphatic rings. The van der Waals surface area contributed by atoms with Crippen molar-refractivity contribution in [2.75, 3.05) is 0 Å². The predicted molar refractivity (Wildman–Crippen MR) is 136 cm³/mol. The van der Waals surface area contributed by atoms with Crippen molar-refractivity contribution in [1.82, 2.24) is 0 Å². The summed E-state index contributed by atoms with van der Waals surface area (Å²) in [5.74, 6) is 0.595. The van der Waals surface area contributed by atoms with Crippen molar-refractivity contribution in [1.29, 1.82) is 0 Å². The number of rotatable bonds is 10. The number of fused-ring (bicyclic) bond motifs is 3. The van der Waals surface area contributed by atoms with Gasteiger partial charge in [-0.25, -0.2) is 0 Å². The molecule has 2 aliphatic carbocycles. The van der Waals surface area contributed by atoms with E-state index in [2.05, 4.69) is 88.4 Å². The third kappa shape index (κ3) is 6.65. The van der Waals surface area contributed by atoms with Gasteiger partial charge in [-0.3, -0.25) is 0 Å². The average Bonchev–Trinajstić information content (AvgIpc) is 3.47. The molecule has 0 N–H and O–H groups in total. The molecule has 2 unspecified atom stereocenters. The molecule has 0 fully saturated rings. The summed E-state index contributed by atoms with van der Waals surface area (Å²) < 4.78 is 7.20. The first-order valence-electron chi connectivity index (χ1n) is 12.4. The molecule has 0 saturated carbocycles. The zero-order chi connectivity index (χ0) is 21.8. The zero-order valence-electron chi connectivity index (χ0n) is 21.0. The summed E-state index contributed by atoms with van der Waals surface area (Å²) in [5, 5.41) is 0. The van der Waals surface area contributed by atoms with Crippen molar-refractivity contribution in [3.8, 4) is 11.1 Å². The maximum absolute atomic E-state index is 7.20. The number of hydrogen-bond acceptors (Lipinski definition) is 1. The van der Waals surface area contributed by atoms with Gasteiger partial charge >= 0.3 is 26.2 Å². The van der Waals surface area contributed by atoms with E-state index in [1.54, 1.807) is 5.57 Å². The third-order valence-corrected chi connectivity index (χ3v) is 12.5. The van der Waals surface area contributed by atoms with Crippen molar-refractivity contribution in [2.45, 2.75) is 77.6 Å². The van der Waals surface area contributed by atoms with E-state index in [1.165, 1.54) is 52.4 Å². The van der Waals surface area contributed by atoms with E-state index in [0.717, 1.165) is 19.3 Å². The van der Waals surface area contributed by atoms with E-state index in [9.17, 15) is 0 Å². The van der Waals surface area contributed by atoms with Crippen molar-refractivity contribution >= 4 is 8.32 Å². The topological polar surface area (TPSA) is 9.23 Å². The first kappa shape index (κ1) is 31.6. The maximum atomic E-state index is 7.20. The molecule has 1 nitrogen and oxygen atoms in total. The fourth-order valence-electron chi connectivity index (χ4n) is 5.50. The Balaban J connectivity index is 0.00000193. The molecule has 182 valence electrons. The van der Waals surface area contributed by atoms with Gasteiger partial charge in [0.1, 0.15) is 0 Å². The molecule has 0 heterocycles. The molecular formula is C29H38Cl2OSiZr. The molecule has 2 atom stereocenters. The van der Waals surface area contributed by atoms with Crippen LogP contribution in [0.15, 0.2) is 66.3 Å². The van der Waals surface area contributed by atoms with Crippen molar-refractivity contribution in [3.05, 3.63) is 83.0 Å². The van der Waals surface area contributed by atoms with Crippen molar-refractivity contribution in [2.24, 2.45) is 5.92 Å². The van der Waals surface area contributed by atoms with E-state index in [-0.39, 0.29) is 57.1 Å². The first-order valence-corrected chi connectivity index (χ1v) is 14.9. The van der Waals surface area contributed by atoms with Crippen molar-refractivity contribution in [3.63, 3.8) is 0 Å². The fourth-order valence-corrected chi connectivity index (χ4v) is 8.34. The van der Waals surface area contributed by atoms with Crippen molar-refractivity contribution < 1.29 is 55.4 Å². The predicted octanol–water partition coefficient (Wildman–Crippen LogP) is 2.63. The second-order valence-electron chi connectivity index (χ2n) is 9.32. The summed E-state index contributed by atoms with van der Waals surface area (Å²) in [6.07, 6.45) is 11.5. The van der Waals surface area contributed by atoms with Crippen LogP contribution in [0.25, 0.3) is 11.1 Å². The summed E-state index contributed by atoms with van der Waals surface area (Å²) in [6.45, 7) is 9.37. The van der Waals surface area contributed by atoms with E-state index in [0.29, 0.717) is 5.92 Å². The van der Waals surface area contributed by atoms with Crippen LogP contribution in [-0.4, -0.2) is 8.32 Å². The molecule has 0 radical (unpaired) electrons. The van der Waals surface area contributed by atoms with Crippen LogP contribution < -0.4 is 24.8 Å². The van der Waals surface area contributed by atoms with E-state index >= 15 is 0 Å². The van der Waals surface area contributed by atoms with E-state index < -0.39 is 8.32 Å². The zero-order valence-corrected chi connectivity index (χ0v) is 26.0. The number of halogens is 2. The molecule has 0 saturated heterocycles. The Labute approximate surface area is 239 Å². The van der Waals surface area contributed by atoms with Crippen LogP contribution in [0.5, 0.6) is 0 Å². The molecule has 0 aromatic heterocycles. The second-order valence-corrected chi connectivity index (χ2v) is 14.0. The average molecular weight is 593 g/mol. The van der Waals surface area contributed by atoms with Crippen LogP contribution >= 0.6 is 0 Å². The van der Waals surface area contributed by atoms with Gasteiger partial charge in [0.25, 0.3) is 0 Å². The largest absolute Gasteiger partial charge is 2.00 e. The molecule has 34 heavy (non-hydrogen) atoms. The van der Waals surface area contributed by atoms with Crippen LogP contribution in [0, 0.1) is 5.92 Å². The Kier molecular flexibility index (Phi) is 13.3. The van der Waals surface area contributed by atoms with Gasteiger partial charge in [0, 0.05) is 0 Å². The monoisotopic (exact) mass is 590 g/mol. The fraction of sp³-hybridized carbons (Fsp3) is 0.448. The minimum absolute atomic E-state index is 0. The Hall–Kier alpha value is -0.440. The molecule has 2 aromatic rings. The van der Waals surface area contributed by atoms with Gasteiger partial charge in [-0.2, -0.15) is 0 Å². The van der Waals surface area contributed by atoms with Gasteiger partial charge in [-0.1, -0.05) is 87.9 Å². The molecule has 5 heteroatoms. The van der Waals surface area contributed by atoms with Crippen LogP contribution in [0.1, 0.15) is 69.8 Å². The standard InChI is InChI=1S/C29H38OSi.2ClH.Zr/c1-5-22(23-13-9-10-14-23)21-29(30-31(6-2,7-3)8-4)26-18-17-25-19-24-15-11-12-16-27(24)28(25)20-26;;;/h9-13,15-18,20,22,29H,5-8,14,19,21H2,1-4H3;2*1H;/q;;;+2/p-2. The summed E-state index contributed by atoms with van der Waals surface area (Å²) in [5.41, 5.74) is 8.72. The quantitative estimate of drug-likeness (QED) is 0.329. The molecule has 0 aliphatic heterocycles. The van der Waals surface area contributed by atoms with Gasteiger partial charge in [0.05, 0.1) is 6.10 Å². The molecule has 2 aromatic carbocycles. The number of hydrogen-bond donors (Lipinski definition) is 0. The molecule has 0 amide bonds. The summed E-state index contributed by atoms with van der Waals surface area (Å²) >= 11 is 0. The Morgan fingerprint density at radius 1 is 0.882 bits per heavy atom. The van der Waals surface area contributed by atoms with Gasteiger partial charge in [0.2, 0.25) is 0 Å². The van der Waals surface area contributed by atoms with Gasteiger partial charge in [-0.05, 0) is 83.6 Å². The van der Waals surface area contributed by atoms with Crippen LogP contribution in [0.2, 0.25) is 18.1 Å². The van der Waals surface area contributed by atoms with Crippen LogP contribution in [0.4, 0.5) is 0 Å². The van der Waals surface area contributed by atoms with Crippen LogP contribution in [0.3, 0.4) is 0 Å². The minimum Gasteiger partial charge on any atom is -1.00 e. The Morgan fingerprint density at radius 3 is 2.18 bits per heavy atom. The summed E-state index contributed by atoms with van der Waals surface area (Å²) in [4.78, 5) is 0. The molecular weight excluding hydrogens is 555 g/mol. The minimum atomic E-state index is -1.71. The molecule has 0 spiro atoms. The SMILES string of the molecule is CCC(CC(O[Si](CC)(CC)CC)c1ccc2c(c1)-c1ccccc1C2)C1=CC=CC1.[Cl-].[Cl-].[Zr+2].